The molecule has 6 nitrogen and oxygen atoms in total. The molecule has 0 bridgehead atoms. The molecule has 0 unspecified atom stereocenters. The fourth-order valence-corrected chi connectivity index (χ4v) is 1.04. The number of aromatic nitrogens is 3. The molecule has 15 heavy (non-hydrogen) atoms. The smallest absolute Gasteiger partial charge is 0.264 e. The molecule has 7 heteroatoms. The minimum absolute atomic E-state index is 0. The Morgan fingerprint density at radius 2 is 2.33 bits per heavy atom. The third-order valence-electron chi connectivity index (χ3n) is 1.67. The van der Waals surface area contributed by atoms with Gasteiger partial charge in [-0.05, 0) is 6.07 Å². The second-order valence-electron chi connectivity index (χ2n) is 2.67. The zero-order valence-electron chi connectivity index (χ0n) is 7.66. The Bertz CT molecular complexity index is 446. The second-order valence-corrected chi connectivity index (χ2v) is 2.67. The zero-order valence-corrected chi connectivity index (χ0v) is 8.48. The number of hydrogen-bond acceptors (Lipinski definition) is 5. The number of nitrogens with zero attached hydrogens (tertiary/aromatic N) is 3. The minimum Gasteiger partial charge on any atom is -0.619 e. The van der Waals surface area contributed by atoms with Crippen LogP contribution in [0.25, 0.3) is 11.5 Å². The number of nitrogens with two attached hydrogens (primary N) is 1. The van der Waals surface area contributed by atoms with E-state index < -0.39 is 0 Å². The summed E-state index contributed by atoms with van der Waals surface area (Å²) in [7, 11) is 0. The highest BCUT2D eigenvalue weighted by Gasteiger charge is 2.09. The first kappa shape index (κ1) is 11.4. The Morgan fingerprint density at radius 3 is 2.93 bits per heavy atom. The third kappa shape index (κ3) is 2.42. The van der Waals surface area contributed by atoms with Crippen molar-refractivity contribution in [2.75, 3.05) is 0 Å². The van der Waals surface area contributed by atoms with Gasteiger partial charge in [0, 0.05) is 6.07 Å². The van der Waals surface area contributed by atoms with Gasteiger partial charge < -0.3 is 15.5 Å². The summed E-state index contributed by atoms with van der Waals surface area (Å²) >= 11 is 0. The van der Waals surface area contributed by atoms with Crippen molar-refractivity contribution >= 4 is 12.4 Å². The van der Waals surface area contributed by atoms with Gasteiger partial charge in [-0.15, -0.1) is 12.4 Å². The van der Waals surface area contributed by atoms with Crippen LogP contribution < -0.4 is 10.5 Å². The van der Waals surface area contributed by atoms with Crippen LogP contribution in [-0.2, 0) is 6.54 Å². The first-order valence-electron chi connectivity index (χ1n) is 4.01. The van der Waals surface area contributed by atoms with E-state index in [1.807, 2.05) is 0 Å². The molecule has 2 aromatic heterocycles. The van der Waals surface area contributed by atoms with Gasteiger partial charge in [0.2, 0.25) is 0 Å². The van der Waals surface area contributed by atoms with Crippen molar-refractivity contribution < 1.29 is 9.25 Å². The van der Waals surface area contributed by atoms with Crippen molar-refractivity contribution in [1.29, 1.82) is 0 Å². The molecule has 0 saturated heterocycles. The van der Waals surface area contributed by atoms with E-state index in [1.54, 1.807) is 12.1 Å². The quantitative estimate of drug-likeness (QED) is 0.588. The van der Waals surface area contributed by atoms with E-state index in [4.69, 9.17) is 10.3 Å². The standard InChI is InChI=1S/C8H8N4O2.ClH/c9-4-7-10-8(14-11-7)6-2-1-3-12(13)5-6;/h1-3,5H,4,9H2;1H. The largest absolute Gasteiger partial charge is 0.619 e. The lowest BCUT2D eigenvalue weighted by Gasteiger charge is -1.95. The lowest BCUT2D eigenvalue weighted by Crippen LogP contribution is -2.23. The maximum atomic E-state index is 10.9. The first-order valence-corrected chi connectivity index (χ1v) is 4.01. The molecular formula is C8H9ClN4O2. The number of rotatable bonds is 2. The molecule has 0 aromatic carbocycles. The highest BCUT2D eigenvalue weighted by molar-refractivity contribution is 5.85. The van der Waals surface area contributed by atoms with Gasteiger partial charge >= 0.3 is 0 Å². The third-order valence-corrected chi connectivity index (χ3v) is 1.67. The zero-order chi connectivity index (χ0) is 9.97. The monoisotopic (exact) mass is 228 g/mol. The van der Waals surface area contributed by atoms with E-state index in [-0.39, 0.29) is 19.0 Å². The first-order chi connectivity index (χ1) is 6.79. The summed E-state index contributed by atoms with van der Waals surface area (Å²) in [6.07, 6.45) is 2.73. The average Bonchev–Trinajstić information content (AvgIpc) is 2.66. The van der Waals surface area contributed by atoms with Crippen LogP contribution in [0.1, 0.15) is 5.82 Å². The number of hydrogen-bond donors (Lipinski definition) is 1. The van der Waals surface area contributed by atoms with Crippen molar-refractivity contribution in [2.45, 2.75) is 6.54 Å². The van der Waals surface area contributed by atoms with Crippen molar-refractivity contribution in [3.05, 3.63) is 35.6 Å². The molecule has 2 rings (SSSR count). The predicted octanol–water partition coefficient (Wildman–Crippen LogP) is 0.251. The van der Waals surface area contributed by atoms with Crippen LogP contribution in [0.3, 0.4) is 0 Å². The maximum absolute atomic E-state index is 10.9. The van der Waals surface area contributed by atoms with E-state index >= 15 is 0 Å². The topological polar surface area (TPSA) is 91.9 Å². The summed E-state index contributed by atoms with van der Waals surface area (Å²) in [6, 6.07) is 3.32. The van der Waals surface area contributed by atoms with Gasteiger partial charge in [-0.2, -0.15) is 9.71 Å². The Kier molecular flexibility index (Phi) is 3.59. The fourth-order valence-electron chi connectivity index (χ4n) is 1.04. The normalized spacial score (nSPS) is 9.67. The van der Waals surface area contributed by atoms with Crippen LogP contribution in [0.2, 0.25) is 0 Å². The van der Waals surface area contributed by atoms with Gasteiger partial charge in [0.15, 0.2) is 18.2 Å². The Hall–Kier alpha value is -1.66. The summed E-state index contributed by atoms with van der Waals surface area (Å²) in [5, 5.41) is 14.6. The van der Waals surface area contributed by atoms with Crippen molar-refractivity contribution in [1.82, 2.24) is 10.1 Å². The van der Waals surface area contributed by atoms with Gasteiger partial charge in [-0.25, -0.2) is 0 Å². The summed E-state index contributed by atoms with van der Waals surface area (Å²) in [5.74, 6) is 0.719. The van der Waals surface area contributed by atoms with Gasteiger partial charge in [0.05, 0.1) is 6.54 Å². The molecule has 0 fully saturated rings. The van der Waals surface area contributed by atoms with Crippen molar-refractivity contribution in [3.63, 3.8) is 0 Å². The Morgan fingerprint density at radius 1 is 1.53 bits per heavy atom. The lowest BCUT2D eigenvalue weighted by atomic mass is 10.3. The SMILES string of the molecule is Cl.NCc1noc(-c2ccc[n+]([O-])c2)n1. The number of halogens is 1. The van der Waals surface area contributed by atoms with Crippen LogP contribution in [0.15, 0.2) is 29.0 Å². The molecule has 0 radical (unpaired) electrons. The molecule has 0 aliphatic carbocycles. The van der Waals surface area contributed by atoms with E-state index in [0.29, 0.717) is 22.0 Å². The molecule has 2 aromatic rings. The molecular weight excluding hydrogens is 220 g/mol. The molecule has 2 heterocycles. The van der Waals surface area contributed by atoms with E-state index in [1.165, 1.54) is 12.4 Å². The molecule has 0 saturated carbocycles. The minimum atomic E-state index is 0. The maximum Gasteiger partial charge on any atom is 0.264 e. The average molecular weight is 229 g/mol. The van der Waals surface area contributed by atoms with Gasteiger partial charge in [0.25, 0.3) is 5.89 Å². The molecule has 0 amide bonds. The highest BCUT2D eigenvalue weighted by Crippen LogP contribution is 2.13. The van der Waals surface area contributed by atoms with Crippen molar-refractivity contribution in [2.24, 2.45) is 5.73 Å². The summed E-state index contributed by atoms with van der Waals surface area (Å²) in [6.45, 7) is 0.216. The highest BCUT2D eigenvalue weighted by atomic mass is 35.5. The lowest BCUT2D eigenvalue weighted by molar-refractivity contribution is -0.604. The van der Waals surface area contributed by atoms with Gasteiger partial charge in [0.1, 0.15) is 5.56 Å². The van der Waals surface area contributed by atoms with Crippen LogP contribution >= 0.6 is 12.4 Å². The molecule has 0 aliphatic heterocycles. The van der Waals surface area contributed by atoms with Gasteiger partial charge in [-0.3, -0.25) is 0 Å². The molecule has 0 atom stereocenters. The summed E-state index contributed by atoms with van der Waals surface area (Å²) in [4.78, 5) is 3.99. The fraction of sp³-hybridized carbons (Fsp3) is 0.125. The molecule has 2 N–H and O–H groups in total. The Balaban J connectivity index is 0.00000112. The van der Waals surface area contributed by atoms with E-state index in [2.05, 4.69) is 10.1 Å². The second kappa shape index (κ2) is 4.72. The number of pyridine rings is 1. The summed E-state index contributed by atoms with van der Waals surface area (Å²) < 4.78 is 5.57. The van der Waals surface area contributed by atoms with Gasteiger partial charge in [-0.1, -0.05) is 5.16 Å². The van der Waals surface area contributed by atoms with E-state index in [0.717, 1.165) is 0 Å². The van der Waals surface area contributed by atoms with Crippen LogP contribution in [0, 0.1) is 5.21 Å². The van der Waals surface area contributed by atoms with E-state index in [9.17, 15) is 5.21 Å². The van der Waals surface area contributed by atoms with Crippen LogP contribution in [-0.4, -0.2) is 10.1 Å². The van der Waals surface area contributed by atoms with Crippen molar-refractivity contribution in [3.8, 4) is 11.5 Å². The Labute approximate surface area is 91.7 Å². The summed E-state index contributed by atoms with van der Waals surface area (Å²) in [5.41, 5.74) is 5.90. The molecule has 0 aliphatic rings. The van der Waals surface area contributed by atoms with Crippen LogP contribution in [0.4, 0.5) is 0 Å². The van der Waals surface area contributed by atoms with Crippen LogP contribution in [0.5, 0.6) is 0 Å². The predicted molar refractivity (Wildman–Crippen MR) is 53.8 cm³/mol. The molecule has 80 valence electrons. The molecule has 0 spiro atoms.